The van der Waals surface area contributed by atoms with Gasteiger partial charge in [-0.05, 0) is 16.9 Å². The van der Waals surface area contributed by atoms with E-state index < -0.39 is 0 Å². The molecule has 13 heavy (non-hydrogen) atoms. The Bertz CT molecular complexity index is 431. The maximum absolute atomic E-state index is 6.30. The normalized spacial score (nSPS) is 12.6. The summed E-state index contributed by atoms with van der Waals surface area (Å²) < 4.78 is 1.34. The Hall–Kier alpha value is -0.0500. The number of fused-ring (bicyclic) bond motifs is 1. The molecule has 0 saturated heterocycles. The zero-order valence-corrected chi connectivity index (χ0v) is 10.2. The number of rotatable bonds is 0. The number of thiophene rings is 2. The van der Waals surface area contributed by atoms with Gasteiger partial charge in [-0.1, -0.05) is 32.4 Å². The first kappa shape index (κ1) is 9.50. The van der Waals surface area contributed by atoms with Crippen LogP contribution in [0.4, 0.5) is 0 Å². The summed E-state index contributed by atoms with van der Waals surface area (Å²) in [4.78, 5) is 1.30. The van der Waals surface area contributed by atoms with Gasteiger partial charge in [0, 0.05) is 10.3 Å². The first-order valence-corrected chi connectivity index (χ1v) is 6.23. The highest BCUT2D eigenvalue weighted by molar-refractivity contribution is 7.38. The minimum absolute atomic E-state index is 0.167. The van der Waals surface area contributed by atoms with E-state index in [-0.39, 0.29) is 5.41 Å². The molecule has 3 heteroatoms. The maximum Gasteiger partial charge on any atom is 0.0883 e. The molecule has 0 atom stereocenters. The van der Waals surface area contributed by atoms with Crippen LogP contribution >= 0.6 is 34.3 Å². The van der Waals surface area contributed by atoms with Crippen molar-refractivity contribution in [3.63, 3.8) is 0 Å². The van der Waals surface area contributed by atoms with Crippen molar-refractivity contribution in [1.82, 2.24) is 0 Å². The summed E-state index contributed by atoms with van der Waals surface area (Å²) in [7, 11) is 0. The van der Waals surface area contributed by atoms with Gasteiger partial charge in [-0.15, -0.1) is 22.7 Å². The second-order valence-electron chi connectivity index (χ2n) is 4.12. The third-order valence-corrected chi connectivity index (χ3v) is 5.12. The second-order valence-corrected chi connectivity index (χ2v) is 6.69. The molecule has 0 fully saturated rings. The van der Waals surface area contributed by atoms with Crippen molar-refractivity contribution in [2.24, 2.45) is 0 Å². The minimum atomic E-state index is 0.167. The molecule has 0 aliphatic rings. The van der Waals surface area contributed by atoms with Gasteiger partial charge >= 0.3 is 0 Å². The lowest BCUT2D eigenvalue weighted by atomic mass is 9.94. The van der Waals surface area contributed by atoms with Crippen LogP contribution in [0.25, 0.3) is 9.40 Å². The van der Waals surface area contributed by atoms with Crippen LogP contribution in [-0.4, -0.2) is 0 Å². The van der Waals surface area contributed by atoms with E-state index in [1.54, 1.807) is 11.3 Å². The fraction of sp³-hybridized carbons (Fsp3) is 0.400. The van der Waals surface area contributed by atoms with Crippen LogP contribution in [0.15, 0.2) is 11.4 Å². The largest absolute Gasteiger partial charge is 0.133 e. The lowest BCUT2D eigenvalue weighted by Gasteiger charge is -2.16. The van der Waals surface area contributed by atoms with Crippen LogP contribution in [0.3, 0.4) is 0 Å². The van der Waals surface area contributed by atoms with Crippen molar-refractivity contribution >= 4 is 43.7 Å². The number of hydrogen-bond acceptors (Lipinski definition) is 2. The van der Waals surface area contributed by atoms with E-state index in [2.05, 4.69) is 32.2 Å². The van der Waals surface area contributed by atoms with E-state index in [0.29, 0.717) is 0 Å². The molecule has 0 radical (unpaired) electrons. The topological polar surface area (TPSA) is 0 Å². The first-order valence-electron chi connectivity index (χ1n) is 4.16. The quantitative estimate of drug-likeness (QED) is 0.603. The Morgan fingerprint density at radius 1 is 1.31 bits per heavy atom. The van der Waals surface area contributed by atoms with Crippen molar-refractivity contribution in [2.45, 2.75) is 26.2 Å². The summed E-state index contributed by atoms with van der Waals surface area (Å²) in [5.41, 5.74) is 0.167. The molecule has 2 aromatic heterocycles. The van der Waals surface area contributed by atoms with Crippen LogP contribution in [0, 0.1) is 0 Å². The number of hydrogen-bond donors (Lipinski definition) is 0. The molecule has 2 heterocycles. The highest BCUT2D eigenvalue weighted by Crippen LogP contribution is 2.43. The zero-order chi connectivity index (χ0) is 9.64. The standard InChI is InChI=1S/C10H11ClS2/c1-10(2,3)8-7(11)6-4-5-12-9(6)13-8/h4-5H,1-3H3. The van der Waals surface area contributed by atoms with Crippen LogP contribution in [0.2, 0.25) is 5.02 Å². The van der Waals surface area contributed by atoms with Gasteiger partial charge in [-0.25, -0.2) is 0 Å². The van der Waals surface area contributed by atoms with E-state index in [1.165, 1.54) is 14.3 Å². The monoisotopic (exact) mass is 230 g/mol. The summed E-state index contributed by atoms with van der Waals surface area (Å²) in [5.74, 6) is 0. The van der Waals surface area contributed by atoms with E-state index in [9.17, 15) is 0 Å². The summed E-state index contributed by atoms with van der Waals surface area (Å²) in [6.07, 6.45) is 0. The molecule has 0 saturated carbocycles. The fourth-order valence-electron chi connectivity index (χ4n) is 1.28. The fourth-order valence-corrected chi connectivity index (χ4v) is 4.15. The van der Waals surface area contributed by atoms with Crippen molar-refractivity contribution in [3.05, 3.63) is 21.3 Å². The van der Waals surface area contributed by atoms with Gasteiger partial charge in [-0.3, -0.25) is 0 Å². The molecule has 0 aliphatic heterocycles. The maximum atomic E-state index is 6.30. The molecule has 0 aromatic carbocycles. The average molecular weight is 231 g/mol. The molecule has 0 amide bonds. The predicted molar refractivity (Wildman–Crippen MR) is 63.4 cm³/mol. The molecule has 0 aliphatic carbocycles. The van der Waals surface area contributed by atoms with Gasteiger partial charge in [0.05, 0.1) is 9.04 Å². The van der Waals surface area contributed by atoms with Crippen molar-refractivity contribution in [1.29, 1.82) is 0 Å². The summed E-state index contributed by atoms with van der Waals surface area (Å²) >= 11 is 9.90. The highest BCUT2D eigenvalue weighted by atomic mass is 35.5. The molecule has 70 valence electrons. The highest BCUT2D eigenvalue weighted by Gasteiger charge is 2.22. The molecule has 2 aromatic rings. The first-order chi connectivity index (χ1) is 6.00. The third-order valence-electron chi connectivity index (χ3n) is 1.94. The van der Waals surface area contributed by atoms with Crippen LogP contribution in [0.5, 0.6) is 0 Å². The average Bonchev–Trinajstić information content (AvgIpc) is 2.51. The van der Waals surface area contributed by atoms with E-state index in [0.717, 1.165) is 5.02 Å². The molecular weight excluding hydrogens is 220 g/mol. The summed E-state index contributed by atoms with van der Waals surface area (Å²) in [6.45, 7) is 6.61. The van der Waals surface area contributed by atoms with Crippen LogP contribution in [-0.2, 0) is 5.41 Å². The molecule has 0 spiro atoms. The van der Waals surface area contributed by atoms with E-state index in [1.807, 2.05) is 11.3 Å². The SMILES string of the molecule is CC(C)(C)c1sc2sccc2c1Cl. The Labute approximate surface area is 91.2 Å². The molecule has 0 unspecified atom stereocenters. The summed E-state index contributed by atoms with van der Waals surface area (Å²) in [5, 5.41) is 4.27. The molecule has 2 rings (SSSR count). The van der Waals surface area contributed by atoms with Crippen molar-refractivity contribution < 1.29 is 0 Å². The van der Waals surface area contributed by atoms with Crippen LogP contribution in [0.1, 0.15) is 25.6 Å². The Balaban J connectivity index is 2.71. The van der Waals surface area contributed by atoms with Crippen molar-refractivity contribution in [2.75, 3.05) is 0 Å². The smallest absolute Gasteiger partial charge is 0.0883 e. The van der Waals surface area contributed by atoms with E-state index in [4.69, 9.17) is 11.6 Å². The van der Waals surface area contributed by atoms with Gasteiger partial charge in [-0.2, -0.15) is 0 Å². The van der Waals surface area contributed by atoms with Crippen molar-refractivity contribution in [3.8, 4) is 0 Å². The lowest BCUT2D eigenvalue weighted by molar-refractivity contribution is 0.604. The lowest BCUT2D eigenvalue weighted by Crippen LogP contribution is -2.08. The Morgan fingerprint density at radius 2 is 2.00 bits per heavy atom. The van der Waals surface area contributed by atoms with Gasteiger partial charge < -0.3 is 0 Å². The molecule has 0 bridgehead atoms. The molecule has 0 N–H and O–H groups in total. The van der Waals surface area contributed by atoms with Gasteiger partial charge in [0.15, 0.2) is 0 Å². The predicted octanol–water partition coefficient (Wildman–Crippen LogP) is 4.91. The Kier molecular flexibility index (Phi) is 2.17. The van der Waals surface area contributed by atoms with Crippen LogP contribution < -0.4 is 0 Å². The molecule has 0 nitrogen and oxygen atoms in total. The molecular formula is C10H11ClS2. The van der Waals surface area contributed by atoms with Gasteiger partial charge in [0.25, 0.3) is 0 Å². The third kappa shape index (κ3) is 1.51. The van der Waals surface area contributed by atoms with Gasteiger partial charge in [0.1, 0.15) is 0 Å². The summed E-state index contributed by atoms with van der Waals surface area (Å²) in [6, 6.07) is 2.11. The van der Waals surface area contributed by atoms with Gasteiger partial charge in [0.2, 0.25) is 0 Å². The minimum Gasteiger partial charge on any atom is -0.133 e. The Morgan fingerprint density at radius 3 is 2.54 bits per heavy atom. The zero-order valence-electron chi connectivity index (χ0n) is 7.85. The second kappa shape index (κ2) is 2.97. The van der Waals surface area contributed by atoms with E-state index >= 15 is 0 Å². The number of halogens is 1.